The molecule has 1 aromatic heterocycles. The smallest absolute Gasteiger partial charge is 0.101 e. The molecule has 0 saturated carbocycles. The summed E-state index contributed by atoms with van der Waals surface area (Å²) in [4.78, 5) is 0. The molecule has 19 heavy (non-hydrogen) atoms. The summed E-state index contributed by atoms with van der Waals surface area (Å²) in [5.74, 6) is 0. The average molecular weight is 245 g/mol. The molecule has 0 fully saturated rings. The van der Waals surface area contributed by atoms with Crippen molar-refractivity contribution < 1.29 is 0 Å². The topological polar surface area (TPSA) is 41.6 Å². The van der Waals surface area contributed by atoms with Crippen molar-refractivity contribution in [3.63, 3.8) is 0 Å². The number of nitriles is 1. The van der Waals surface area contributed by atoms with Gasteiger partial charge in [0.25, 0.3) is 0 Å². The fourth-order valence-electron chi connectivity index (χ4n) is 2.00. The van der Waals surface area contributed by atoms with E-state index in [1.165, 1.54) is 0 Å². The molecule has 3 nitrogen and oxygen atoms in total. The number of benzene rings is 2. The average Bonchev–Trinajstić information content (AvgIpc) is 2.98. The zero-order valence-electron chi connectivity index (χ0n) is 10.2. The van der Waals surface area contributed by atoms with Gasteiger partial charge in [-0.3, -0.25) is 0 Å². The highest BCUT2D eigenvalue weighted by atomic mass is 15.3. The number of hydrogen-bond donors (Lipinski definition) is 0. The lowest BCUT2D eigenvalue weighted by Crippen LogP contribution is -1.96. The van der Waals surface area contributed by atoms with Gasteiger partial charge >= 0.3 is 0 Å². The number of hydrogen-bond acceptors (Lipinski definition) is 2. The van der Waals surface area contributed by atoms with Gasteiger partial charge in [-0.1, -0.05) is 42.5 Å². The highest BCUT2D eigenvalue weighted by Gasteiger charge is 2.06. The lowest BCUT2D eigenvalue weighted by atomic mass is 10.1. The lowest BCUT2D eigenvalue weighted by molar-refractivity contribution is 0.877. The normalized spacial score (nSPS) is 10.1. The zero-order chi connectivity index (χ0) is 13.1. The maximum Gasteiger partial charge on any atom is 0.101 e. The number of rotatable bonds is 2. The van der Waals surface area contributed by atoms with Crippen molar-refractivity contribution in [2.75, 3.05) is 0 Å². The number of nitrogens with zero attached hydrogens (tertiary/aromatic N) is 3. The zero-order valence-corrected chi connectivity index (χ0v) is 10.2. The maximum atomic E-state index is 9.11. The Morgan fingerprint density at radius 1 is 0.895 bits per heavy atom. The monoisotopic (exact) mass is 245 g/mol. The molecule has 0 bridgehead atoms. The first-order chi connectivity index (χ1) is 9.38. The maximum absolute atomic E-state index is 9.11. The van der Waals surface area contributed by atoms with Crippen molar-refractivity contribution in [3.05, 3.63) is 72.6 Å². The van der Waals surface area contributed by atoms with Crippen LogP contribution in [-0.2, 0) is 0 Å². The molecule has 0 aliphatic heterocycles. The van der Waals surface area contributed by atoms with E-state index in [2.05, 4.69) is 11.2 Å². The molecular weight excluding hydrogens is 234 g/mol. The molecule has 3 rings (SSSR count). The molecule has 0 aliphatic rings. The number of para-hydroxylation sites is 1. The molecule has 0 radical (unpaired) electrons. The Hall–Kier alpha value is -2.86. The second kappa shape index (κ2) is 4.79. The van der Waals surface area contributed by atoms with Crippen molar-refractivity contribution in [1.82, 2.24) is 9.78 Å². The summed E-state index contributed by atoms with van der Waals surface area (Å²) in [7, 11) is 0. The van der Waals surface area contributed by atoms with Crippen LogP contribution in [0, 0.1) is 11.3 Å². The fraction of sp³-hybridized carbons (Fsp3) is 0. The van der Waals surface area contributed by atoms with Crippen molar-refractivity contribution in [2.45, 2.75) is 0 Å². The van der Waals surface area contributed by atoms with Gasteiger partial charge in [0.2, 0.25) is 0 Å². The van der Waals surface area contributed by atoms with Gasteiger partial charge in [0.05, 0.1) is 17.4 Å². The molecule has 0 unspecified atom stereocenters. The Morgan fingerprint density at radius 3 is 2.42 bits per heavy atom. The highest BCUT2D eigenvalue weighted by molar-refractivity contribution is 5.62. The van der Waals surface area contributed by atoms with E-state index in [1.54, 1.807) is 10.7 Å². The van der Waals surface area contributed by atoms with Crippen LogP contribution < -0.4 is 0 Å². The summed E-state index contributed by atoms with van der Waals surface area (Å²) < 4.78 is 1.74. The Bertz CT molecular complexity index is 736. The molecule has 2 aromatic carbocycles. The predicted octanol–water partition coefficient (Wildman–Crippen LogP) is 3.41. The SMILES string of the molecule is N#Cc1ccccc1-n1cc(-c2ccccc2)cn1. The standard InChI is InChI=1S/C16H11N3/c17-10-14-8-4-5-9-16(14)19-12-15(11-18-19)13-6-2-1-3-7-13/h1-9,11-12H. The van der Waals surface area contributed by atoms with Gasteiger partial charge < -0.3 is 0 Å². The summed E-state index contributed by atoms with van der Waals surface area (Å²) in [6, 6.07) is 19.7. The van der Waals surface area contributed by atoms with Crippen LogP contribution in [0.4, 0.5) is 0 Å². The van der Waals surface area contributed by atoms with E-state index in [1.807, 2.05) is 60.9 Å². The van der Waals surface area contributed by atoms with Crippen LogP contribution in [0.15, 0.2) is 67.0 Å². The van der Waals surface area contributed by atoms with Gasteiger partial charge in [0.15, 0.2) is 0 Å². The molecule has 1 heterocycles. The minimum absolute atomic E-state index is 0.616. The predicted molar refractivity (Wildman–Crippen MR) is 73.7 cm³/mol. The van der Waals surface area contributed by atoms with Gasteiger partial charge in [0, 0.05) is 11.8 Å². The van der Waals surface area contributed by atoms with Crippen LogP contribution in [0.25, 0.3) is 16.8 Å². The summed E-state index contributed by atoms with van der Waals surface area (Å²) in [6.45, 7) is 0. The van der Waals surface area contributed by atoms with E-state index in [4.69, 9.17) is 5.26 Å². The van der Waals surface area contributed by atoms with Gasteiger partial charge in [-0.2, -0.15) is 10.4 Å². The summed E-state index contributed by atoms with van der Waals surface area (Å²) in [5, 5.41) is 13.4. The van der Waals surface area contributed by atoms with E-state index >= 15 is 0 Å². The van der Waals surface area contributed by atoms with Crippen molar-refractivity contribution >= 4 is 0 Å². The molecular formula is C16H11N3. The molecule has 0 aliphatic carbocycles. The van der Waals surface area contributed by atoms with Crippen molar-refractivity contribution in [3.8, 4) is 22.9 Å². The van der Waals surface area contributed by atoms with E-state index < -0.39 is 0 Å². The number of aromatic nitrogens is 2. The second-order valence-electron chi connectivity index (χ2n) is 4.17. The van der Waals surface area contributed by atoms with Gasteiger partial charge in [-0.05, 0) is 17.7 Å². The molecule has 0 atom stereocenters. The quantitative estimate of drug-likeness (QED) is 0.694. The Balaban J connectivity index is 2.05. The first-order valence-corrected chi connectivity index (χ1v) is 5.98. The first-order valence-electron chi connectivity index (χ1n) is 5.98. The molecule has 3 heteroatoms. The van der Waals surface area contributed by atoms with Crippen LogP contribution in [0.3, 0.4) is 0 Å². The van der Waals surface area contributed by atoms with Crippen LogP contribution in [0.1, 0.15) is 5.56 Å². The van der Waals surface area contributed by atoms with Gasteiger partial charge in [-0.25, -0.2) is 4.68 Å². The highest BCUT2D eigenvalue weighted by Crippen LogP contribution is 2.20. The fourth-order valence-corrected chi connectivity index (χ4v) is 2.00. The molecule has 3 aromatic rings. The Morgan fingerprint density at radius 2 is 1.63 bits per heavy atom. The van der Waals surface area contributed by atoms with E-state index in [0.717, 1.165) is 16.8 Å². The minimum atomic E-state index is 0.616. The third-order valence-electron chi connectivity index (χ3n) is 2.96. The summed E-state index contributed by atoms with van der Waals surface area (Å²) in [6.07, 6.45) is 3.75. The Labute approximate surface area is 111 Å². The third kappa shape index (κ3) is 2.12. The lowest BCUT2D eigenvalue weighted by Gasteiger charge is -2.02. The van der Waals surface area contributed by atoms with Crippen molar-refractivity contribution in [2.24, 2.45) is 0 Å². The van der Waals surface area contributed by atoms with E-state index in [0.29, 0.717) is 5.56 Å². The molecule has 0 saturated heterocycles. The minimum Gasteiger partial charge on any atom is -0.239 e. The molecule has 0 amide bonds. The van der Waals surface area contributed by atoms with Crippen LogP contribution in [-0.4, -0.2) is 9.78 Å². The third-order valence-corrected chi connectivity index (χ3v) is 2.96. The van der Waals surface area contributed by atoms with Crippen LogP contribution >= 0.6 is 0 Å². The molecule has 0 N–H and O–H groups in total. The van der Waals surface area contributed by atoms with Crippen LogP contribution in [0.2, 0.25) is 0 Å². The summed E-state index contributed by atoms with van der Waals surface area (Å²) >= 11 is 0. The van der Waals surface area contributed by atoms with Gasteiger partial charge in [0.1, 0.15) is 6.07 Å². The van der Waals surface area contributed by atoms with Crippen LogP contribution in [0.5, 0.6) is 0 Å². The molecule has 90 valence electrons. The second-order valence-corrected chi connectivity index (χ2v) is 4.17. The largest absolute Gasteiger partial charge is 0.239 e. The van der Waals surface area contributed by atoms with E-state index in [-0.39, 0.29) is 0 Å². The van der Waals surface area contributed by atoms with E-state index in [9.17, 15) is 0 Å². The van der Waals surface area contributed by atoms with Gasteiger partial charge in [-0.15, -0.1) is 0 Å². The summed E-state index contributed by atoms with van der Waals surface area (Å²) in [5.41, 5.74) is 3.56. The molecule has 0 spiro atoms. The Kier molecular flexibility index (Phi) is 2.83. The van der Waals surface area contributed by atoms with Crippen molar-refractivity contribution in [1.29, 1.82) is 5.26 Å². The first kappa shape index (κ1) is 11.2.